The van der Waals surface area contributed by atoms with Gasteiger partial charge in [-0.15, -0.1) is 15.0 Å². The molecule has 7 rings (SSSR count). The second-order valence-corrected chi connectivity index (χ2v) is 10.8. The van der Waals surface area contributed by atoms with Gasteiger partial charge in [-0.2, -0.15) is 0 Å². The predicted molar refractivity (Wildman–Crippen MR) is 154 cm³/mol. The molecule has 2 amide bonds. The highest BCUT2D eigenvalue weighted by molar-refractivity contribution is 5.96. The van der Waals surface area contributed by atoms with Gasteiger partial charge in [-0.3, -0.25) is 19.5 Å². The van der Waals surface area contributed by atoms with Gasteiger partial charge in [0.25, 0.3) is 5.91 Å². The number of fused-ring (bicyclic) bond motifs is 1. The number of benzene rings is 2. The number of tetrazole rings is 1. The minimum atomic E-state index is -1.08. The summed E-state index contributed by atoms with van der Waals surface area (Å²) in [6.45, 7) is 1.07. The Balaban J connectivity index is 1.05. The smallest absolute Gasteiger partial charge is 0.272 e. The molecule has 0 unspecified atom stereocenters. The molecule has 5 aromatic rings. The topological polar surface area (TPSA) is 135 Å². The number of oxazole rings is 1. The normalized spacial score (nSPS) is 19.2. The van der Waals surface area contributed by atoms with Gasteiger partial charge in [-0.05, 0) is 47.5 Å². The monoisotopic (exact) mass is 599 g/mol. The summed E-state index contributed by atoms with van der Waals surface area (Å²) in [6.07, 6.45) is 0.705. The number of carbonyl (C=O) groups excluding carboxylic acids is 2. The molecule has 0 bridgehead atoms. The van der Waals surface area contributed by atoms with Crippen molar-refractivity contribution in [2.24, 2.45) is 5.92 Å². The molecule has 4 heterocycles. The third kappa shape index (κ3) is 5.51. The second-order valence-electron chi connectivity index (χ2n) is 10.8. The Morgan fingerprint density at radius 3 is 2.57 bits per heavy atom. The molecule has 44 heavy (non-hydrogen) atoms. The molecule has 12 nitrogen and oxygen atoms in total. The lowest BCUT2D eigenvalue weighted by molar-refractivity contribution is -0.117. The van der Waals surface area contributed by atoms with E-state index in [1.54, 1.807) is 35.2 Å². The van der Waals surface area contributed by atoms with Gasteiger partial charge in [0, 0.05) is 43.6 Å². The van der Waals surface area contributed by atoms with Gasteiger partial charge in [0.05, 0.1) is 12.0 Å². The van der Waals surface area contributed by atoms with Crippen LogP contribution in [0.25, 0.3) is 22.6 Å². The number of piperazine rings is 1. The van der Waals surface area contributed by atoms with Crippen LogP contribution in [-0.2, 0) is 11.6 Å². The molecular weight excluding hydrogens is 572 g/mol. The van der Waals surface area contributed by atoms with E-state index in [1.807, 2.05) is 30.3 Å². The number of pyridine rings is 1. The fourth-order valence-corrected chi connectivity index (χ4v) is 5.40. The van der Waals surface area contributed by atoms with E-state index in [0.29, 0.717) is 60.2 Å². The average molecular weight is 600 g/mol. The van der Waals surface area contributed by atoms with E-state index < -0.39 is 18.9 Å². The molecule has 224 valence electrons. The zero-order valence-corrected chi connectivity index (χ0v) is 23.4. The van der Waals surface area contributed by atoms with Crippen molar-refractivity contribution in [2.45, 2.75) is 25.4 Å². The predicted octanol–water partition coefficient (Wildman–Crippen LogP) is 3.65. The molecule has 14 heteroatoms. The van der Waals surface area contributed by atoms with Crippen LogP contribution in [0.5, 0.6) is 0 Å². The summed E-state index contributed by atoms with van der Waals surface area (Å²) in [5.41, 5.74) is 3.30. The van der Waals surface area contributed by atoms with Crippen molar-refractivity contribution in [3.05, 3.63) is 83.9 Å². The molecule has 1 aliphatic carbocycles. The van der Waals surface area contributed by atoms with Gasteiger partial charge in [-0.1, -0.05) is 30.3 Å². The Hall–Kier alpha value is -5.11. The highest BCUT2D eigenvalue weighted by atomic mass is 19.1. The van der Waals surface area contributed by atoms with Crippen LogP contribution in [-0.4, -0.2) is 84.1 Å². The van der Waals surface area contributed by atoms with Crippen LogP contribution in [0.2, 0.25) is 0 Å². The van der Waals surface area contributed by atoms with Crippen LogP contribution in [0.1, 0.15) is 34.3 Å². The first kappa shape index (κ1) is 27.7. The van der Waals surface area contributed by atoms with Gasteiger partial charge >= 0.3 is 0 Å². The fraction of sp³-hybridized carbons (Fsp3) is 0.300. The number of amides is 2. The van der Waals surface area contributed by atoms with Crippen molar-refractivity contribution in [1.29, 1.82) is 0 Å². The van der Waals surface area contributed by atoms with Crippen molar-refractivity contribution in [1.82, 2.24) is 40.0 Å². The first-order chi connectivity index (χ1) is 21.5. The van der Waals surface area contributed by atoms with Crippen molar-refractivity contribution in [2.75, 3.05) is 31.5 Å². The zero-order chi connectivity index (χ0) is 30.2. The van der Waals surface area contributed by atoms with Gasteiger partial charge in [0.15, 0.2) is 11.4 Å². The van der Waals surface area contributed by atoms with E-state index in [-0.39, 0.29) is 30.0 Å². The van der Waals surface area contributed by atoms with Gasteiger partial charge in [0.2, 0.25) is 18.6 Å². The minimum absolute atomic E-state index is 0.225. The van der Waals surface area contributed by atoms with Gasteiger partial charge < -0.3 is 14.6 Å². The van der Waals surface area contributed by atoms with E-state index >= 15 is 0 Å². The first-order valence-electron chi connectivity index (χ1n) is 14.2. The van der Waals surface area contributed by atoms with Crippen LogP contribution in [0, 0.1) is 5.92 Å². The quantitative estimate of drug-likeness (QED) is 0.284. The Labute approximate surface area is 249 Å². The molecule has 1 N–H and O–H groups in total. The molecule has 2 aromatic carbocycles. The maximum atomic E-state index is 13.5. The minimum Gasteiger partial charge on any atom is -0.436 e. The second kappa shape index (κ2) is 11.5. The summed E-state index contributed by atoms with van der Waals surface area (Å²) in [4.78, 5) is 39.3. The lowest BCUT2D eigenvalue weighted by Gasteiger charge is -2.38. The summed E-state index contributed by atoms with van der Waals surface area (Å²) in [5.74, 6) is -0.476. The molecule has 1 saturated carbocycles. The SMILES string of the molecule is O=C(Nc1ccc2oc(-c3ccnc(C(=O)N4CCN([C@H](c5ccccc5)c5nnn(CF)n5)CC4)c3)nc2c1)[C@@H]1C[C@@H]1F. The number of halogens is 2. The molecule has 3 atom stereocenters. The number of nitrogens with zero attached hydrogens (tertiary/aromatic N) is 8. The van der Waals surface area contributed by atoms with E-state index in [4.69, 9.17) is 4.42 Å². The van der Waals surface area contributed by atoms with E-state index in [2.05, 4.69) is 35.6 Å². The summed E-state index contributed by atoms with van der Waals surface area (Å²) in [7, 11) is 0. The molecule has 1 saturated heterocycles. The van der Waals surface area contributed by atoms with Crippen molar-refractivity contribution < 1.29 is 22.8 Å². The highest BCUT2D eigenvalue weighted by Gasteiger charge is 2.43. The number of nitrogens with one attached hydrogen (secondary N) is 1. The maximum Gasteiger partial charge on any atom is 0.272 e. The first-order valence-corrected chi connectivity index (χ1v) is 14.2. The van der Waals surface area contributed by atoms with Crippen LogP contribution in [0.4, 0.5) is 14.5 Å². The van der Waals surface area contributed by atoms with Crippen LogP contribution in [0.3, 0.4) is 0 Å². The Kier molecular flexibility index (Phi) is 7.26. The van der Waals surface area contributed by atoms with Crippen LogP contribution in [0.15, 0.2) is 71.3 Å². The summed E-state index contributed by atoms with van der Waals surface area (Å²) in [6, 6.07) is 17.7. The van der Waals surface area contributed by atoms with E-state index in [0.717, 1.165) is 10.4 Å². The number of alkyl halides is 2. The summed E-state index contributed by atoms with van der Waals surface area (Å²) >= 11 is 0. The third-order valence-corrected chi connectivity index (χ3v) is 7.83. The standard InChI is InChI=1S/C30H27F2N9O3/c31-17-41-37-27(36-38-41)26(18-4-2-1-3-5-18)39-10-12-40(13-11-39)30(43)24-14-19(8-9-33-24)29-35-23-15-20(6-7-25(23)44-29)34-28(42)21-16-22(21)32/h1-9,14-15,21-22,26H,10-13,16-17H2,(H,34,42)/t21-,22+,26-/m1/s1. The molecule has 0 radical (unpaired) electrons. The molecule has 3 aromatic heterocycles. The fourth-order valence-electron chi connectivity index (χ4n) is 5.40. The number of hydrogen-bond donors (Lipinski definition) is 1. The number of carbonyl (C=O) groups is 2. The molecule has 1 aliphatic heterocycles. The summed E-state index contributed by atoms with van der Waals surface area (Å²) < 4.78 is 32.3. The third-order valence-electron chi connectivity index (χ3n) is 7.83. The number of anilines is 1. The maximum absolute atomic E-state index is 13.5. The summed E-state index contributed by atoms with van der Waals surface area (Å²) in [5, 5.41) is 14.8. The van der Waals surface area contributed by atoms with Gasteiger partial charge in [0.1, 0.15) is 17.4 Å². The largest absolute Gasteiger partial charge is 0.436 e. The lowest BCUT2D eigenvalue weighted by Crippen LogP contribution is -2.50. The average Bonchev–Trinajstić information content (AvgIpc) is 3.41. The van der Waals surface area contributed by atoms with Crippen molar-refractivity contribution in [3.63, 3.8) is 0 Å². The number of aromatic nitrogens is 6. The molecular formula is C30H27F2N9O3. The van der Waals surface area contributed by atoms with Gasteiger partial charge in [-0.25, -0.2) is 13.8 Å². The highest BCUT2D eigenvalue weighted by Crippen LogP contribution is 2.35. The zero-order valence-electron chi connectivity index (χ0n) is 23.4. The van der Waals surface area contributed by atoms with Crippen molar-refractivity contribution >= 4 is 28.6 Å². The molecule has 2 fully saturated rings. The molecule has 2 aliphatic rings. The molecule has 0 spiro atoms. The Morgan fingerprint density at radius 1 is 1.05 bits per heavy atom. The number of rotatable bonds is 8. The Bertz CT molecular complexity index is 1820. The van der Waals surface area contributed by atoms with Crippen LogP contribution < -0.4 is 5.32 Å². The van der Waals surface area contributed by atoms with Crippen LogP contribution >= 0.6 is 0 Å². The number of hydrogen-bond acceptors (Lipinski definition) is 9. The van der Waals surface area contributed by atoms with E-state index in [9.17, 15) is 18.4 Å². The van der Waals surface area contributed by atoms with Crippen molar-refractivity contribution in [3.8, 4) is 11.5 Å². The lowest BCUT2D eigenvalue weighted by atomic mass is 10.0. The Morgan fingerprint density at radius 2 is 1.84 bits per heavy atom. The van der Waals surface area contributed by atoms with E-state index in [1.165, 1.54) is 6.20 Å².